The lowest BCUT2D eigenvalue weighted by atomic mass is 10.1. The van der Waals surface area contributed by atoms with Gasteiger partial charge in [-0.3, -0.25) is 9.59 Å². The number of carbonyl (C=O) groups excluding carboxylic acids is 2. The molecule has 0 saturated carbocycles. The molecular formula is C19H15FN4O2. The summed E-state index contributed by atoms with van der Waals surface area (Å²) in [6.45, 7) is 0. The molecule has 2 heterocycles. The molecule has 1 aliphatic heterocycles. The standard InChI is InChI=1S/C19H15FN4O2/c20-13-6-8-14(9-7-13)21-19(26)16-11-18(25)22-17-10-15(23-24(16)17)12-4-2-1-3-5-12/h1-10,16H,11H2,(H,21,26)(H,22,25)/t16-/m0/s1. The van der Waals surface area contributed by atoms with Crippen LogP contribution in [0.3, 0.4) is 0 Å². The monoisotopic (exact) mass is 350 g/mol. The number of nitrogens with one attached hydrogen (secondary N) is 2. The molecule has 4 rings (SSSR count). The summed E-state index contributed by atoms with van der Waals surface area (Å²) in [4.78, 5) is 24.7. The molecule has 0 radical (unpaired) electrons. The lowest BCUT2D eigenvalue weighted by molar-refractivity contribution is -0.125. The molecule has 2 N–H and O–H groups in total. The third kappa shape index (κ3) is 3.06. The third-order valence-electron chi connectivity index (χ3n) is 4.16. The molecule has 0 aliphatic carbocycles. The van der Waals surface area contributed by atoms with Gasteiger partial charge in [0.25, 0.3) is 0 Å². The Balaban J connectivity index is 1.64. The highest BCUT2D eigenvalue weighted by molar-refractivity contribution is 6.01. The predicted octanol–water partition coefficient (Wildman–Crippen LogP) is 3.21. The summed E-state index contributed by atoms with van der Waals surface area (Å²) in [5, 5.41) is 9.94. The lowest BCUT2D eigenvalue weighted by Gasteiger charge is -2.23. The van der Waals surface area contributed by atoms with Crippen LogP contribution in [0.15, 0.2) is 60.7 Å². The molecule has 1 atom stereocenters. The fraction of sp³-hybridized carbons (Fsp3) is 0.105. The van der Waals surface area contributed by atoms with Gasteiger partial charge in [-0.25, -0.2) is 9.07 Å². The summed E-state index contributed by atoms with van der Waals surface area (Å²) < 4.78 is 14.5. The van der Waals surface area contributed by atoms with E-state index in [0.717, 1.165) is 5.56 Å². The van der Waals surface area contributed by atoms with E-state index in [0.29, 0.717) is 17.2 Å². The zero-order chi connectivity index (χ0) is 18.1. The first-order valence-electron chi connectivity index (χ1n) is 8.11. The van der Waals surface area contributed by atoms with Gasteiger partial charge < -0.3 is 10.6 Å². The number of halogens is 1. The molecule has 1 aliphatic rings. The first kappa shape index (κ1) is 16.0. The summed E-state index contributed by atoms with van der Waals surface area (Å²) in [5.74, 6) is -0.548. The van der Waals surface area contributed by atoms with Crippen LogP contribution in [0.4, 0.5) is 15.9 Å². The highest BCUT2D eigenvalue weighted by Crippen LogP contribution is 2.30. The molecule has 0 fully saturated rings. The minimum atomic E-state index is -0.777. The van der Waals surface area contributed by atoms with Crippen molar-refractivity contribution in [2.24, 2.45) is 0 Å². The number of carbonyl (C=O) groups is 2. The second-order valence-corrected chi connectivity index (χ2v) is 5.99. The zero-order valence-corrected chi connectivity index (χ0v) is 13.6. The Kier molecular flexibility index (Phi) is 3.96. The average Bonchev–Trinajstić information content (AvgIpc) is 3.07. The van der Waals surface area contributed by atoms with Crippen LogP contribution in [0.5, 0.6) is 0 Å². The number of fused-ring (bicyclic) bond motifs is 1. The number of rotatable bonds is 3. The molecule has 26 heavy (non-hydrogen) atoms. The molecule has 0 spiro atoms. The largest absolute Gasteiger partial charge is 0.324 e. The van der Waals surface area contributed by atoms with E-state index in [-0.39, 0.29) is 24.1 Å². The van der Waals surface area contributed by atoms with E-state index < -0.39 is 6.04 Å². The number of anilines is 2. The fourth-order valence-electron chi connectivity index (χ4n) is 2.89. The van der Waals surface area contributed by atoms with Crippen LogP contribution >= 0.6 is 0 Å². The molecule has 3 aromatic rings. The van der Waals surface area contributed by atoms with Crippen molar-refractivity contribution < 1.29 is 14.0 Å². The van der Waals surface area contributed by atoms with Crippen LogP contribution in [-0.4, -0.2) is 21.6 Å². The SMILES string of the molecule is O=C1C[C@@H](C(=O)Nc2ccc(F)cc2)n2nc(-c3ccccc3)cc2N1. The van der Waals surface area contributed by atoms with Crippen molar-refractivity contribution in [3.63, 3.8) is 0 Å². The van der Waals surface area contributed by atoms with E-state index in [2.05, 4.69) is 15.7 Å². The quantitative estimate of drug-likeness (QED) is 0.762. The van der Waals surface area contributed by atoms with E-state index in [9.17, 15) is 14.0 Å². The van der Waals surface area contributed by atoms with Crippen LogP contribution < -0.4 is 10.6 Å². The zero-order valence-electron chi connectivity index (χ0n) is 13.6. The summed E-state index contributed by atoms with van der Waals surface area (Å²) in [5.41, 5.74) is 2.02. The minimum Gasteiger partial charge on any atom is -0.324 e. The van der Waals surface area contributed by atoms with Gasteiger partial charge >= 0.3 is 0 Å². The number of aromatic nitrogens is 2. The summed E-state index contributed by atoms with van der Waals surface area (Å²) in [6, 6.07) is 15.9. The molecule has 2 amide bonds. The molecule has 1 aromatic heterocycles. The van der Waals surface area contributed by atoms with Gasteiger partial charge in [-0.2, -0.15) is 5.10 Å². The van der Waals surface area contributed by atoms with E-state index in [1.165, 1.54) is 28.9 Å². The number of hydrogen-bond acceptors (Lipinski definition) is 3. The Morgan fingerprint density at radius 3 is 2.62 bits per heavy atom. The maximum atomic E-state index is 13.0. The van der Waals surface area contributed by atoms with Crippen molar-refractivity contribution in [2.75, 3.05) is 10.6 Å². The Morgan fingerprint density at radius 2 is 1.88 bits per heavy atom. The minimum absolute atomic E-state index is 0.0179. The van der Waals surface area contributed by atoms with Gasteiger partial charge in [0.2, 0.25) is 11.8 Å². The Labute approximate surface area is 148 Å². The van der Waals surface area contributed by atoms with Crippen LogP contribution in [0.25, 0.3) is 11.3 Å². The van der Waals surface area contributed by atoms with Gasteiger partial charge in [0.1, 0.15) is 17.7 Å². The third-order valence-corrected chi connectivity index (χ3v) is 4.16. The molecule has 130 valence electrons. The average molecular weight is 350 g/mol. The maximum absolute atomic E-state index is 13.0. The van der Waals surface area contributed by atoms with Gasteiger partial charge in [0, 0.05) is 17.3 Å². The van der Waals surface area contributed by atoms with Crippen molar-refractivity contribution in [3.05, 3.63) is 66.5 Å². The molecule has 6 nitrogen and oxygen atoms in total. The highest BCUT2D eigenvalue weighted by Gasteiger charge is 2.32. The Morgan fingerprint density at radius 1 is 1.15 bits per heavy atom. The number of benzene rings is 2. The Hall–Kier alpha value is -3.48. The van der Waals surface area contributed by atoms with Gasteiger partial charge in [0.15, 0.2) is 0 Å². The second-order valence-electron chi connectivity index (χ2n) is 5.99. The topological polar surface area (TPSA) is 76.0 Å². The van der Waals surface area contributed by atoms with E-state index in [4.69, 9.17) is 0 Å². The van der Waals surface area contributed by atoms with Crippen molar-refractivity contribution in [1.82, 2.24) is 9.78 Å². The normalized spacial score (nSPS) is 15.9. The lowest BCUT2D eigenvalue weighted by Crippen LogP contribution is -2.35. The van der Waals surface area contributed by atoms with Crippen molar-refractivity contribution in [1.29, 1.82) is 0 Å². The van der Waals surface area contributed by atoms with E-state index in [1.54, 1.807) is 6.07 Å². The van der Waals surface area contributed by atoms with Crippen molar-refractivity contribution >= 4 is 23.3 Å². The first-order chi connectivity index (χ1) is 12.6. The predicted molar refractivity (Wildman–Crippen MR) is 95.0 cm³/mol. The van der Waals surface area contributed by atoms with Crippen LogP contribution in [-0.2, 0) is 9.59 Å². The van der Waals surface area contributed by atoms with Crippen molar-refractivity contribution in [2.45, 2.75) is 12.5 Å². The summed E-state index contributed by atoms with van der Waals surface area (Å²) in [7, 11) is 0. The first-order valence-corrected chi connectivity index (χ1v) is 8.11. The molecule has 2 aromatic carbocycles. The number of amides is 2. The maximum Gasteiger partial charge on any atom is 0.249 e. The van der Waals surface area contributed by atoms with E-state index >= 15 is 0 Å². The van der Waals surface area contributed by atoms with Crippen LogP contribution in [0.1, 0.15) is 12.5 Å². The van der Waals surface area contributed by atoms with Gasteiger partial charge in [0.05, 0.1) is 12.1 Å². The Bertz CT molecular complexity index is 967. The van der Waals surface area contributed by atoms with E-state index in [1.807, 2.05) is 30.3 Å². The van der Waals surface area contributed by atoms with Crippen LogP contribution in [0, 0.1) is 5.82 Å². The van der Waals surface area contributed by atoms with Crippen LogP contribution in [0.2, 0.25) is 0 Å². The molecule has 0 unspecified atom stereocenters. The summed E-state index contributed by atoms with van der Waals surface area (Å²) >= 11 is 0. The van der Waals surface area contributed by atoms with Crippen molar-refractivity contribution in [3.8, 4) is 11.3 Å². The van der Waals surface area contributed by atoms with Gasteiger partial charge in [-0.15, -0.1) is 0 Å². The second kappa shape index (κ2) is 6.44. The number of nitrogens with zero attached hydrogens (tertiary/aromatic N) is 2. The van der Waals surface area contributed by atoms with Gasteiger partial charge in [-0.1, -0.05) is 30.3 Å². The molecule has 0 bridgehead atoms. The fourth-order valence-corrected chi connectivity index (χ4v) is 2.89. The van der Waals surface area contributed by atoms with Gasteiger partial charge in [-0.05, 0) is 24.3 Å². The summed E-state index contributed by atoms with van der Waals surface area (Å²) in [6.07, 6.45) is -0.0179. The number of hydrogen-bond donors (Lipinski definition) is 2. The smallest absolute Gasteiger partial charge is 0.249 e. The molecule has 7 heteroatoms. The highest BCUT2D eigenvalue weighted by atomic mass is 19.1. The molecule has 0 saturated heterocycles. The molecular weight excluding hydrogens is 335 g/mol.